The van der Waals surface area contributed by atoms with Crippen molar-refractivity contribution >= 4 is 23.3 Å². The van der Waals surface area contributed by atoms with Gasteiger partial charge in [0.15, 0.2) is 0 Å². The standard InChI is InChI=1S/C19H22FN3O2S/c20-17-6-2-1-4-14(17)12-23(15-7-8-15)13-18(24)22-19(25)21-10-9-16-5-3-11-26-16/h1-6,11,15H,7-10,12-13H2,(H2,21,22,24,25). The van der Waals surface area contributed by atoms with E-state index in [4.69, 9.17) is 0 Å². The maximum atomic E-state index is 13.8. The van der Waals surface area contributed by atoms with Gasteiger partial charge in [-0.3, -0.25) is 15.0 Å². The monoisotopic (exact) mass is 375 g/mol. The molecule has 26 heavy (non-hydrogen) atoms. The number of benzene rings is 1. The minimum absolute atomic E-state index is 0.0807. The van der Waals surface area contributed by atoms with Crippen LogP contribution in [0.3, 0.4) is 0 Å². The van der Waals surface area contributed by atoms with Crippen LogP contribution in [0.2, 0.25) is 0 Å². The van der Waals surface area contributed by atoms with Gasteiger partial charge in [0, 0.05) is 29.6 Å². The molecule has 138 valence electrons. The normalized spacial score (nSPS) is 13.6. The number of imide groups is 1. The molecule has 2 N–H and O–H groups in total. The minimum atomic E-state index is -0.492. The molecule has 5 nitrogen and oxygen atoms in total. The summed E-state index contributed by atoms with van der Waals surface area (Å²) in [4.78, 5) is 27.1. The van der Waals surface area contributed by atoms with Crippen LogP contribution in [-0.2, 0) is 17.8 Å². The van der Waals surface area contributed by atoms with Crippen molar-refractivity contribution in [3.05, 3.63) is 58.0 Å². The van der Waals surface area contributed by atoms with Crippen LogP contribution in [0.1, 0.15) is 23.3 Å². The van der Waals surface area contributed by atoms with Gasteiger partial charge >= 0.3 is 6.03 Å². The fourth-order valence-corrected chi connectivity index (χ4v) is 3.46. The highest BCUT2D eigenvalue weighted by Crippen LogP contribution is 2.28. The van der Waals surface area contributed by atoms with E-state index < -0.39 is 6.03 Å². The van der Waals surface area contributed by atoms with Crippen LogP contribution in [0, 0.1) is 5.82 Å². The van der Waals surface area contributed by atoms with Crippen molar-refractivity contribution < 1.29 is 14.0 Å². The summed E-state index contributed by atoms with van der Waals surface area (Å²) in [6.07, 6.45) is 2.73. The van der Waals surface area contributed by atoms with Gasteiger partial charge in [0.1, 0.15) is 5.82 Å². The summed E-state index contributed by atoms with van der Waals surface area (Å²) in [6, 6.07) is 10.3. The van der Waals surface area contributed by atoms with Crippen molar-refractivity contribution in [2.45, 2.75) is 31.8 Å². The number of nitrogens with one attached hydrogen (secondary N) is 2. The molecule has 1 saturated carbocycles. The number of halogens is 1. The van der Waals surface area contributed by atoms with Gasteiger partial charge in [-0.1, -0.05) is 24.3 Å². The topological polar surface area (TPSA) is 61.4 Å². The van der Waals surface area contributed by atoms with Crippen LogP contribution < -0.4 is 10.6 Å². The first-order chi connectivity index (χ1) is 12.6. The summed E-state index contributed by atoms with van der Waals surface area (Å²) in [5.74, 6) is -0.647. The van der Waals surface area contributed by atoms with Crippen LogP contribution in [0.4, 0.5) is 9.18 Å². The minimum Gasteiger partial charge on any atom is -0.337 e. The van der Waals surface area contributed by atoms with Gasteiger partial charge in [0.25, 0.3) is 0 Å². The molecule has 7 heteroatoms. The fraction of sp³-hybridized carbons (Fsp3) is 0.368. The van der Waals surface area contributed by atoms with Crippen LogP contribution in [-0.4, -0.2) is 36.0 Å². The Morgan fingerprint density at radius 3 is 2.69 bits per heavy atom. The third-order valence-corrected chi connectivity index (χ3v) is 5.17. The lowest BCUT2D eigenvalue weighted by Crippen LogP contribution is -2.45. The van der Waals surface area contributed by atoms with E-state index >= 15 is 0 Å². The molecule has 0 atom stereocenters. The third-order valence-electron chi connectivity index (χ3n) is 4.23. The van der Waals surface area contributed by atoms with Gasteiger partial charge < -0.3 is 5.32 Å². The second kappa shape index (κ2) is 8.91. The predicted molar refractivity (Wildman–Crippen MR) is 99.4 cm³/mol. The zero-order valence-corrected chi connectivity index (χ0v) is 15.2. The largest absolute Gasteiger partial charge is 0.337 e. The predicted octanol–water partition coefficient (Wildman–Crippen LogP) is 2.92. The molecule has 0 bridgehead atoms. The summed E-state index contributed by atoms with van der Waals surface area (Å²) in [5.41, 5.74) is 0.563. The Morgan fingerprint density at radius 1 is 1.19 bits per heavy atom. The van der Waals surface area contributed by atoms with E-state index in [-0.39, 0.29) is 24.3 Å². The third kappa shape index (κ3) is 5.64. The highest BCUT2D eigenvalue weighted by molar-refractivity contribution is 7.09. The average molecular weight is 375 g/mol. The number of rotatable bonds is 8. The van der Waals surface area contributed by atoms with E-state index in [1.165, 1.54) is 10.9 Å². The van der Waals surface area contributed by atoms with E-state index in [1.807, 2.05) is 22.4 Å². The Kier molecular flexibility index (Phi) is 6.35. The van der Waals surface area contributed by atoms with Crippen LogP contribution in [0.15, 0.2) is 41.8 Å². The van der Waals surface area contributed by atoms with Crippen molar-refractivity contribution in [3.8, 4) is 0 Å². The highest BCUT2D eigenvalue weighted by atomic mass is 32.1. The Hall–Kier alpha value is -2.25. The first kappa shape index (κ1) is 18.5. The smallest absolute Gasteiger partial charge is 0.321 e. The Morgan fingerprint density at radius 2 is 2.00 bits per heavy atom. The van der Waals surface area contributed by atoms with Gasteiger partial charge in [-0.25, -0.2) is 9.18 Å². The van der Waals surface area contributed by atoms with Gasteiger partial charge in [-0.2, -0.15) is 0 Å². The molecular formula is C19H22FN3O2S. The lowest BCUT2D eigenvalue weighted by molar-refractivity contribution is -0.121. The summed E-state index contributed by atoms with van der Waals surface area (Å²) in [5, 5.41) is 7.03. The van der Waals surface area contributed by atoms with Gasteiger partial charge in [0.2, 0.25) is 5.91 Å². The highest BCUT2D eigenvalue weighted by Gasteiger charge is 2.31. The van der Waals surface area contributed by atoms with Crippen molar-refractivity contribution in [2.24, 2.45) is 0 Å². The van der Waals surface area contributed by atoms with Crippen LogP contribution >= 0.6 is 11.3 Å². The van der Waals surface area contributed by atoms with E-state index in [0.717, 1.165) is 19.3 Å². The van der Waals surface area contributed by atoms with Gasteiger partial charge in [-0.15, -0.1) is 11.3 Å². The zero-order valence-electron chi connectivity index (χ0n) is 14.4. The second-order valence-corrected chi connectivity index (χ2v) is 7.39. The summed E-state index contributed by atoms with van der Waals surface area (Å²) >= 11 is 1.63. The second-order valence-electron chi connectivity index (χ2n) is 6.36. The molecule has 1 heterocycles. The van der Waals surface area contributed by atoms with E-state index in [2.05, 4.69) is 10.6 Å². The number of urea groups is 1. The van der Waals surface area contributed by atoms with E-state index in [1.54, 1.807) is 29.5 Å². The molecule has 3 rings (SSSR count). The molecule has 2 aromatic rings. The lowest BCUT2D eigenvalue weighted by atomic mass is 10.2. The molecule has 0 saturated heterocycles. The number of thiophene rings is 1. The first-order valence-electron chi connectivity index (χ1n) is 8.69. The van der Waals surface area contributed by atoms with E-state index in [0.29, 0.717) is 18.7 Å². The van der Waals surface area contributed by atoms with Crippen LogP contribution in [0.5, 0.6) is 0 Å². The summed E-state index contributed by atoms with van der Waals surface area (Å²) < 4.78 is 13.8. The lowest BCUT2D eigenvalue weighted by Gasteiger charge is -2.21. The molecule has 1 fully saturated rings. The number of nitrogens with zero attached hydrogens (tertiary/aromatic N) is 1. The van der Waals surface area contributed by atoms with Gasteiger partial charge in [-0.05, 0) is 36.8 Å². The van der Waals surface area contributed by atoms with Crippen molar-refractivity contribution in [1.82, 2.24) is 15.5 Å². The number of carbonyl (C=O) groups is 2. The number of hydrogen-bond donors (Lipinski definition) is 2. The van der Waals surface area contributed by atoms with Crippen molar-refractivity contribution in [2.75, 3.05) is 13.1 Å². The number of amides is 3. The molecule has 0 unspecified atom stereocenters. The van der Waals surface area contributed by atoms with Crippen molar-refractivity contribution in [1.29, 1.82) is 0 Å². The summed E-state index contributed by atoms with van der Waals surface area (Å²) in [7, 11) is 0. The molecule has 1 aromatic heterocycles. The maximum absolute atomic E-state index is 13.8. The quantitative estimate of drug-likeness (QED) is 0.746. The Bertz CT molecular complexity index is 747. The molecule has 0 radical (unpaired) electrons. The zero-order chi connectivity index (χ0) is 18.4. The average Bonchev–Trinajstić information content (AvgIpc) is 3.33. The van der Waals surface area contributed by atoms with E-state index in [9.17, 15) is 14.0 Å². The molecule has 1 aliphatic carbocycles. The molecule has 1 aliphatic rings. The Labute approximate surface area is 156 Å². The molecule has 0 spiro atoms. The molecule has 0 aliphatic heterocycles. The molecular weight excluding hydrogens is 353 g/mol. The number of hydrogen-bond acceptors (Lipinski definition) is 4. The Balaban J connectivity index is 1.44. The number of carbonyl (C=O) groups excluding carboxylic acids is 2. The van der Waals surface area contributed by atoms with Crippen molar-refractivity contribution in [3.63, 3.8) is 0 Å². The maximum Gasteiger partial charge on any atom is 0.321 e. The van der Waals surface area contributed by atoms with Crippen LogP contribution in [0.25, 0.3) is 0 Å². The molecule has 1 aromatic carbocycles. The SMILES string of the molecule is O=C(CN(Cc1ccccc1F)C1CC1)NC(=O)NCCc1cccs1. The first-order valence-corrected chi connectivity index (χ1v) is 9.57. The summed E-state index contributed by atoms with van der Waals surface area (Å²) in [6.45, 7) is 0.920. The molecule has 3 amide bonds. The van der Waals surface area contributed by atoms with Gasteiger partial charge in [0.05, 0.1) is 6.54 Å². The fourth-order valence-electron chi connectivity index (χ4n) is 2.75.